The van der Waals surface area contributed by atoms with Crippen molar-refractivity contribution in [1.29, 1.82) is 0 Å². The number of hydrogen-bond donors (Lipinski definition) is 2. The van der Waals surface area contributed by atoms with Gasteiger partial charge in [-0.05, 0) is 29.3 Å². The summed E-state index contributed by atoms with van der Waals surface area (Å²) in [5.41, 5.74) is 2.17. The molecule has 0 aliphatic rings. The molecule has 29 heavy (non-hydrogen) atoms. The molecule has 1 aromatic heterocycles. The third-order valence-electron chi connectivity index (χ3n) is 4.12. The Morgan fingerprint density at radius 3 is 2.41 bits per heavy atom. The van der Waals surface area contributed by atoms with E-state index in [2.05, 4.69) is 20.6 Å². The van der Waals surface area contributed by atoms with Crippen LogP contribution in [0.1, 0.15) is 11.1 Å². The third kappa shape index (κ3) is 7.18. The van der Waals surface area contributed by atoms with Gasteiger partial charge in [0.15, 0.2) is 5.96 Å². The van der Waals surface area contributed by atoms with Crippen molar-refractivity contribution >= 4 is 5.96 Å². The SMILES string of the molecule is CN=C(NCCOc1ccccc1)NCc1ccnc(OCc2ccccc2)c1. The first-order valence-corrected chi connectivity index (χ1v) is 9.57. The van der Waals surface area contributed by atoms with Gasteiger partial charge in [0.05, 0.1) is 6.54 Å². The first-order chi connectivity index (χ1) is 14.3. The molecule has 0 spiro atoms. The van der Waals surface area contributed by atoms with Crippen LogP contribution in [0.3, 0.4) is 0 Å². The zero-order chi connectivity index (χ0) is 20.2. The molecule has 150 valence electrons. The van der Waals surface area contributed by atoms with Gasteiger partial charge in [0.2, 0.25) is 5.88 Å². The highest BCUT2D eigenvalue weighted by atomic mass is 16.5. The smallest absolute Gasteiger partial charge is 0.213 e. The van der Waals surface area contributed by atoms with Crippen LogP contribution in [0, 0.1) is 0 Å². The van der Waals surface area contributed by atoms with Crippen LogP contribution in [0.25, 0.3) is 0 Å². The largest absolute Gasteiger partial charge is 0.492 e. The predicted octanol–water partition coefficient (Wildman–Crippen LogP) is 3.40. The molecule has 2 aromatic carbocycles. The van der Waals surface area contributed by atoms with E-state index >= 15 is 0 Å². The number of pyridine rings is 1. The van der Waals surface area contributed by atoms with Crippen LogP contribution < -0.4 is 20.1 Å². The van der Waals surface area contributed by atoms with E-state index in [-0.39, 0.29) is 0 Å². The van der Waals surface area contributed by atoms with Crippen LogP contribution in [0.15, 0.2) is 84.0 Å². The number of aliphatic imine (C=N–C) groups is 1. The van der Waals surface area contributed by atoms with E-state index in [0.717, 1.165) is 16.9 Å². The van der Waals surface area contributed by atoms with E-state index in [0.29, 0.717) is 38.1 Å². The topological polar surface area (TPSA) is 67.8 Å². The molecule has 0 radical (unpaired) electrons. The molecule has 0 amide bonds. The Labute approximate surface area is 171 Å². The highest BCUT2D eigenvalue weighted by Crippen LogP contribution is 2.12. The van der Waals surface area contributed by atoms with Crippen molar-refractivity contribution in [3.63, 3.8) is 0 Å². The highest BCUT2D eigenvalue weighted by Gasteiger charge is 2.02. The van der Waals surface area contributed by atoms with Crippen molar-refractivity contribution in [3.8, 4) is 11.6 Å². The summed E-state index contributed by atoms with van der Waals surface area (Å²) >= 11 is 0. The van der Waals surface area contributed by atoms with Crippen molar-refractivity contribution in [2.45, 2.75) is 13.2 Å². The second-order valence-electron chi connectivity index (χ2n) is 6.29. The predicted molar refractivity (Wildman–Crippen MR) is 115 cm³/mol. The summed E-state index contributed by atoms with van der Waals surface area (Å²) in [6.07, 6.45) is 1.75. The van der Waals surface area contributed by atoms with Crippen molar-refractivity contribution in [2.24, 2.45) is 4.99 Å². The van der Waals surface area contributed by atoms with Crippen molar-refractivity contribution in [2.75, 3.05) is 20.2 Å². The van der Waals surface area contributed by atoms with Crippen molar-refractivity contribution in [3.05, 3.63) is 90.1 Å². The van der Waals surface area contributed by atoms with Crippen LogP contribution in [-0.2, 0) is 13.2 Å². The molecular formula is C23H26N4O2. The van der Waals surface area contributed by atoms with E-state index in [1.807, 2.05) is 72.8 Å². The molecule has 0 fully saturated rings. The number of para-hydroxylation sites is 1. The van der Waals surface area contributed by atoms with Crippen LogP contribution in [0.4, 0.5) is 0 Å². The quantitative estimate of drug-likeness (QED) is 0.333. The molecule has 0 aliphatic heterocycles. The molecule has 6 nitrogen and oxygen atoms in total. The first kappa shape index (κ1) is 20.2. The average Bonchev–Trinajstić information content (AvgIpc) is 2.79. The van der Waals surface area contributed by atoms with Gasteiger partial charge < -0.3 is 20.1 Å². The summed E-state index contributed by atoms with van der Waals surface area (Å²) in [4.78, 5) is 8.52. The summed E-state index contributed by atoms with van der Waals surface area (Å²) in [6.45, 7) is 2.31. The summed E-state index contributed by atoms with van der Waals surface area (Å²) in [7, 11) is 1.74. The summed E-state index contributed by atoms with van der Waals surface area (Å²) in [5.74, 6) is 2.18. The van der Waals surface area contributed by atoms with Crippen molar-refractivity contribution in [1.82, 2.24) is 15.6 Å². The minimum Gasteiger partial charge on any atom is -0.492 e. The first-order valence-electron chi connectivity index (χ1n) is 9.57. The molecule has 0 atom stereocenters. The number of aromatic nitrogens is 1. The molecule has 0 saturated carbocycles. The second-order valence-corrected chi connectivity index (χ2v) is 6.29. The van der Waals surface area contributed by atoms with Crippen LogP contribution in [0.2, 0.25) is 0 Å². The lowest BCUT2D eigenvalue weighted by atomic mass is 10.2. The third-order valence-corrected chi connectivity index (χ3v) is 4.12. The van der Waals surface area contributed by atoms with E-state index in [4.69, 9.17) is 9.47 Å². The highest BCUT2D eigenvalue weighted by molar-refractivity contribution is 5.79. The van der Waals surface area contributed by atoms with E-state index in [1.165, 1.54) is 0 Å². The lowest BCUT2D eigenvalue weighted by Crippen LogP contribution is -2.38. The molecule has 0 saturated heterocycles. The average molecular weight is 390 g/mol. The molecule has 3 aromatic rings. The Hall–Kier alpha value is -3.54. The summed E-state index contributed by atoms with van der Waals surface area (Å²) < 4.78 is 11.5. The van der Waals surface area contributed by atoms with Crippen LogP contribution in [0.5, 0.6) is 11.6 Å². The fourth-order valence-electron chi connectivity index (χ4n) is 2.63. The maximum atomic E-state index is 5.79. The number of hydrogen-bond acceptors (Lipinski definition) is 4. The van der Waals surface area contributed by atoms with Gasteiger partial charge in [-0.2, -0.15) is 0 Å². The zero-order valence-corrected chi connectivity index (χ0v) is 16.5. The standard InChI is InChI=1S/C23H26N4O2/c1-24-23(26-14-15-28-21-10-6-3-7-11-21)27-17-20-12-13-25-22(16-20)29-18-19-8-4-2-5-9-19/h2-13,16H,14-15,17-18H2,1H3,(H2,24,26,27). The number of nitrogens with zero attached hydrogens (tertiary/aromatic N) is 2. The number of nitrogens with one attached hydrogen (secondary N) is 2. The Kier molecular flexibility index (Phi) is 7.90. The molecule has 0 aliphatic carbocycles. The Balaban J connectivity index is 1.40. The van der Waals surface area contributed by atoms with Gasteiger partial charge >= 0.3 is 0 Å². The van der Waals surface area contributed by atoms with Crippen LogP contribution >= 0.6 is 0 Å². The van der Waals surface area contributed by atoms with Gasteiger partial charge in [-0.25, -0.2) is 4.98 Å². The van der Waals surface area contributed by atoms with Crippen LogP contribution in [-0.4, -0.2) is 31.1 Å². The van der Waals surface area contributed by atoms with E-state index in [1.54, 1.807) is 13.2 Å². The number of ether oxygens (including phenoxy) is 2. The Morgan fingerprint density at radius 2 is 1.66 bits per heavy atom. The Morgan fingerprint density at radius 1 is 0.897 bits per heavy atom. The number of guanidine groups is 1. The monoisotopic (exact) mass is 390 g/mol. The van der Waals surface area contributed by atoms with Gasteiger partial charge in [0.25, 0.3) is 0 Å². The fraction of sp³-hybridized carbons (Fsp3) is 0.217. The molecule has 1 heterocycles. The number of rotatable bonds is 9. The Bertz CT molecular complexity index is 886. The van der Waals surface area contributed by atoms with Gasteiger partial charge in [-0.3, -0.25) is 4.99 Å². The van der Waals surface area contributed by atoms with Crippen molar-refractivity contribution < 1.29 is 9.47 Å². The van der Waals surface area contributed by atoms with Gasteiger partial charge in [-0.15, -0.1) is 0 Å². The fourth-order valence-corrected chi connectivity index (χ4v) is 2.63. The molecule has 3 rings (SSSR count). The number of benzene rings is 2. The molecule has 2 N–H and O–H groups in total. The maximum Gasteiger partial charge on any atom is 0.213 e. The summed E-state index contributed by atoms with van der Waals surface area (Å²) in [5, 5.41) is 6.52. The summed E-state index contributed by atoms with van der Waals surface area (Å²) in [6, 6.07) is 23.7. The molecule has 6 heteroatoms. The second kappa shape index (κ2) is 11.3. The molecule has 0 unspecified atom stereocenters. The molecular weight excluding hydrogens is 364 g/mol. The normalized spacial score (nSPS) is 11.0. The minimum atomic E-state index is 0.495. The van der Waals surface area contributed by atoms with E-state index < -0.39 is 0 Å². The van der Waals surface area contributed by atoms with Gasteiger partial charge in [-0.1, -0.05) is 48.5 Å². The zero-order valence-electron chi connectivity index (χ0n) is 16.5. The van der Waals surface area contributed by atoms with Gasteiger partial charge in [0, 0.05) is 25.9 Å². The molecule has 0 bridgehead atoms. The lowest BCUT2D eigenvalue weighted by molar-refractivity contribution is 0.293. The van der Waals surface area contributed by atoms with E-state index in [9.17, 15) is 0 Å². The van der Waals surface area contributed by atoms with Gasteiger partial charge in [0.1, 0.15) is 19.0 Å². The minimum absolute atomic E-state index is 0.495. The lowest BCUT2D eigenvalue weighted by Gasteiger charge is -2.13. The maximum absolute atomic E-state index is 5.79.